The topological polar surface area (TPSA) is 44.1 Å². The zero-order valence-corrected chi connectivity index (χ0v) is 13.9. The summed E-state index contributed by atoms with van der Waals surface area (Å²) in [6.07, 6.45) is 1.60. The maximum absolute atomic E-state index is 12.6. The highest BCUT2D eigenvalue weighted by atomic mass is 79.9. The van der Waals surface area contributed by atoms with Gasteiger partial charge >= 0.3 is 0 Å². The molecule has 3 rings (SSSR count). The Morgan fingerprint density at radius 2 is 2.09 bits per heavy atom. The fraction of sp³-hybridized carbons (Fsp3) is 0.176. The predicted molar refractivity (Wildman–Crippen MR) is 90.5 cm³/mol. The Labute approximate surface area is 136 Å². The molecule has 0 atom stereocenters. The van der Waals surface area contributed by atoms with Crippen LogP contribution in [-0.2, 0) is 6.54 Å². The van der Waals surface area contributed by atoms with Crippen molar-refractivity contribution in [2.45, 2.75) is 13.5 Å². The zero-order valence-electron chi connectivity index (χ0n) is 12.3. The minimum Gasteiger partial charge on any atom is -0.496 e. The number of hydrogen-bond acceptors (Lipinski definition) is 3. The van der Waals surface area contributed by atoms with Crippen LogP contribution in [0.3, 0.4) is 0 Å². The van der Waals surface area contributed by atoms with Crippen molar-refractivity contribution in [3.8, 4) is 5.75 Å². The lowest BCUT2D eigenvalue weighted by molar-refractivity contribution is 0.408. The summed E-state index contributed by atoms with van der Waals surface area (Å²) in [6, 6.07) is 11.4. The van der Waals surface area contributed by atoms with Crippen LogP contribution in [0.25, 0.3) is 10.9 Å². The van der Waals surface area contributed by atoms with E-state index in [1.165, 1.54) is 0 Å². The van der Waals surface area contributed by atoms with Crippen molar-refractivity contribution in [2.75, 3.05) is 7.11 Å². The maximum atomic E-state index is 12.6. The highest BCUT2D eigenvalue weighted by molar-refractivity contribution is 9.10. The average molecular weight is 359 g/mol. The van der Waals surface area contributed by atoms with Gasteiger partial charge < -0.3 is 4.74 Å². The molecule has 22 heavy (non-hydrogen) atoms. The molecular formula is C17H15BrN2O2. The molecule has 2 aromatic carbocycles. The Kier molecular flexibility index (Phi) is 3.98. The summed E-state index contributed by atoms with van der Waals surface area (Å²) in [7, 11) is 1.62. The maximum Gasteiger partial charge on any atom is 0.261 e. The van der Waals surface area contributed by atoms with Gasteiger partial charge in [-0.1, -0.05) is 28.1 Å². The molecule has 5 heteroatoms. The second-order valence-corrected chi connectivity index (χ2v) is 6.02. The summed E-state index contributed by atoms with van der Waals surface area (Å²) in [6.45, 7) is 2.37. The van der Waals surface area contributed by atoms with Gasteiger partial charge in [-0.05, 0) is 36.8 Å². The lowest BCUT2D eigenvalue weighted by Gasteiger charge is -2.11. The third-order valence-corrected chi connectivity index (χ3v) is 4.13. The molecule has 0 unspecified atom stereocenters. The Hall–Kier alpha value is -2.14. The van der Waals surface area contributed by atoms with Crippen molar-refractivity contribution in [1.82, 2.24) is 9.55 Å². The van der Waals surface area contributed by atoms with Crippen molar-refractivity contribution >= 4 is 26.8 Å². The SMILES string of the molecule is COc1ccc(Br)cc1Cn1cnc2c(C)cccc2c1=O. The lowest BCUT2D eigenvalue weighted by Crippen LogP contribution is -2.21. The molecule has 0 bridgehead atoms. The van der Waals surface area contributed by atoms with Crippen LogP contribution in [0.2, 0.25) is 0 Å². The Bertz CT molecular complexity index is 903. The summed E-state index contributed by atoms with van der Waals surface area (Å²) in [5.74, 6) is 0.749. The van der Waals surface area contributed by atoms with Crippen molar-refractivity contribution in [1.29, 1.82) is 0 Å². The van der Waals surface area contributed by atoms with E-state index in [1.807, 2.05) is 43.3 Å². The molecule has 1 aromatic heterocycles. The Morgan fingerprint density at radius 1 is 1.27 bits per heavy atom. The van der Waals surface area contributed by atoms with E-state index in [0.29, 0.717) is 11.9 Å². The van der Waals surface area contributed by atoms with Crippen LogP contribution in [0.15, 0.2) is 52.0 Å². The van der Waals surface area contributed by atoms with E-state index in [2.05, 4.69) is 20.9 Å². The highest BCUT2D eigenvalue weighted by Crippen LogP contribution is 2.23. The first-order valence-electron chi connectivity index (χ1n) is 6.87. The van der Waals surface area contributed by atoms with Crippen LogP contribution >= 0.6 is 15.9 Å². The molecule has 0 amide bonds. The molecule has 1 heterocycles. The molecular weight excluding hydrogens is 344 g/mol. The molecule has 0 radical (unpaired) electrons. The van der Waals surface area contributed by atoms with Gasteiger partial charge in [0.05, 0.1) is 30.9 Å². The number of ether oxygens (including phenoxy) is 1. The third-order valence-electron chi connectivity index (χ3n) is 3.64. The number of methoxy groups -OCH3 is 1. The quantitative estimate of drug-likeness (QED) is 0.719. The Morgan fingerprint density at radius 3 is 2.86 bits per heavy atom. The minimum atomic E-state index is -0.0456. The van der Waals surface area contributed by atoms with Crippen molar-refractivity contribution in [3.63, 3.8) is 0 Å². The van der Waals surface area contributed by atoms with Crippen LogP contribution in [0.1, 0.15) is 11.1 Å². The largest absolute Gasteiger partial charge is 0.496 e. The third kappa shape index (κ3) is 2.64. The molecule has 0 aliphatic rings. The highest BCUT2D eigenvalue weighted by Gasteiger charge is 2.09. The van der Waals surface area contributed by atoms with Crippen LogP contribution in [0.5, 0.6) is 5.75 Å². The molecule has 112 valence electrons. The first-order valence-corrected chi connectivity index (χ1v) is 7.66. The number of para-hydroxylation sites is 1. The molecule has 4 nitrogen and oxygen atoms in total. The minimum absolute atomic E-state index is 0.0456. The van der Waals surface area contributed by atoms with Crippen LogP contribution in [0, 0.1) is 6.92 Å². The second-order valence-electron chi connectivity index (χ2n) is 5.10. The molecule has 0 aliphatic carbocycles. The number of rotatable bonds is 3. The summed E-state index contributed by atoms with van der Waals surface area (Å²) < 4.78 is 7.91. The van der Waals surface area contributed by atoms with E-state index in [-0.39, 0.29) is 5.56 Å². The fourth-order valence-electron chi connectivity index (χ4n) is 2.50. The van der Waals surface area contributed by atoms with Gasteiger partial charge in [-0.25, -0.2) is 4.98 Å². The summed E-state index contributed by atoms with van der Waals surface area (Å²) in [5, 5.41) is 0.636. The van der Waals surface area contributed by atoms with Crippen LogP contribution < -0.4 is 10.3 Å². The lowest BCUT2D eigenvalue weighted by atomic mass is 10.1. The number of hydrogen-bond donors (Lipinski definition) is 0. The molecule has 0 saturated carbocycles. The normalized spacial score (nSPS) is 10.9. The standard InChI is InChI=1S/C17H15BrN2O2/c1-11-4-3-5-14-16(11)19-10-20(17(14)21)9-12-8-13(18)6-7-15(12)22-2/h3-8,10H,9H2,1-2H3. The summed E-state index contributed by atoms with van der Waals surface area (Å²) in [5.41, 5.74) is 2.63. The van der Waals surface area contributed by atoms with Gasteiger partial charge in [-0.15, -0.1) is 0 Å². The predicted octanol–water partition coefficient (Wildman–Crippen LogP) is 3.52. The second kappa shape index (κ2) is 5.93. The fourth-order valence-corrected chi connectivity index (χ4v) is 2.91. The number of fused-ring (bicyclic) bond motifs is 1. The molecule has 3 aromatic rings. The number of nitrogens with zero attached hydrogens (tertiary/aromatic N) is 2. The van der Waals surface area contributed by atoms with Gasteiger partial charge in [-0.2, -0.15) is 0 Å². The van der Waals surface area contributed by atoms with Crippen molar-refractivity contribution in [3.05, 3.63) is 68.7 Å². The number of aromatic nitrogens is 2. The van der Waals surface area contributed by atoms with Gasteiger partial charge in [0, 0.05) is 10.0 Å². The van der Waals surface area contributed by atoms with Gasteiger partial charge in [0.1, 0.15) is 5.75 Å². The van der Waals surface area contributed by atoms with E-state index in [1.54, 1.807) is 18.0 Å². The molecule has 0 aliphatic heterocycles. The number of halogens is 1. The average Bonchev–Trinajstić information content (AvgIpc) is 2.51. The molecule has 0 saturated heterocycles. The monoisotopic (exact) mass is 358 g/mol. The number of aryl methyl sites for hydroxylation is 1. The zero-order chi connectivity index (χ0) is 15.7. The van der Waals surface area contributed by atoms with E-state index < -0.39 is 0 Å². The van der Waals surface area contributed by atoms with Crippen LogP contribution in [-0.4, -0.2) is 16.7 Å². The van der Waals surface area contributed by atoms with E-state index in [0.717, 1.165) is 26.9 Å². The number of benzene rings is 2. The van der Waals surface area contributed by atoms with Gasteiger partial charge in [0.2, 0.25) is 0 Å². The van der Waals surface area contributed by atoms with Gasteiger partial charge in [0.15, 0.2) is 0 Å². The van der Waals surface area contributed by atoms with E-state index in [9.17, 15) is 4.79 Å². The van der Waals surface area contributed by atoms with E-state index in [4.69, 9.17) is 4.74 Å². The molecule has 0 fully saturated rings. The van der Waals surface area contributed by atoms with E-state index >= 15 is 0 Å². The molecule has 0 N–H and O–H groups in total. The van der Waals surface area contributed by atoms with Crippen LogP contribution in [0.4, 0.5) is 0 Å². The first kappa shape index (κ1) is 14.8. The van der Waals surface area contributed by atoms with Crippen molar-refractivity contribution in [2.24, 2.45) is 0 Å². The smallest absolute Gasteiger partial charge is 0.261 e. The summed E-state index contributed by atoms with van der Waals surface area (Å²) >= 11 is 3.45. The first-order chi connectivity index (χ1) is 10.6. The summed E-state index contributed by atoms with van der Waals surface area (Å²) in [4.78, 5) is 17.1. The van der Waals surface area contributed by atoms with Gasteiger partial charge in [-0.3, -0.25) is 9.36 Å². The van der Waals surface area contributed by atoms with Gasteiger partial charge in [0.25, 0.3) is 5.56 Å². The molecule has 0 spiro atoms. The van der Waals surface area contributed by atoms with Crippen molar-refractivity contribution < 1.29 is 4.74 Å². The Balaban J connectivity index is 2.11.